The molecular formula is C33H20N4O6. The van der Waals surface area contributed by atoms with Gasteiger partial charge in [0.25, 0.3) is 11.4 Å². The van der Waals surface area contributed by atoms with Gasteiger partial charge in [-0.3, -0.25) is 25.0 Å². The zero-order chi connectivity index (χ0) is 29.7. The van der Waals surface area contributed by atoms with Crippen LogP contribution in [0.4, 0.5) is 34.1 Å². The summed E-state index contributed by atoms with van der Waals surface area (Å²) in [4.78, 5) is 34.7. The van der Waals surface area contributed by atoms with E-state index in [4.69, 9.17) is 4.42 Å². The maximum atomic E-state index is 13.4. The van der Waals surface area contributed by atoms with Gasteiger partial charge in [0, 0.05) is 53.1 Å². The molecule has 0 aliphatic heterocycles. The lowest BCUT2D eigenvalue weighted by atomic mass is 10.1. The molecule has 0 unspecified atom stereocenters. The van der Waals surface area contributed by atoms with Crippen LogP contribution in [0.15, 0.2) is 118 Å². The van der Waals surface area contributed by atoms with Gasteiger partial charge in [-0.05, 0) is 88.3 Å². The molecule has 2 N–H and O–H groups in total. The van der Waals surface area contributed by atoms with Crippen molar-refractivity contribution in [1.29, 1.82) is 0 Å². The van der Waals surface area contributed by atoms with Crippen LogP contribution < -0.4 is 16.1 Å². The number of hydrogen-bond donors (Lipinski definition) is 2. The summed E-state index contributed by atoms with van der Waals surface area (Å²) in [5.74, 6) is 0. The summed E-state index contributed by atoms with van der Waals surface area (Å²) in [6, 6.07) is 31.1. The molecule has 0 saturated heterocycles. The van der Waals surface area contributed by atoms with Crippen LogP contribution in [-0.2, 0) is 0 Å². The summed E-state index contributed by atoms with van der Waals surface area (Å²) in [5.41, 5.74) is 3.76. The van der Waals surface area contributed by atoms with E-state index in [0.29, 0.717) is 27.6 Å². The van der Waals surface area contributed by atoms with Crippen LogP contribution in [0.1, 0.15) is 0 Å². The van der Waals surface area contributed by atoms with Gasteiger partial charge >= 0.3 is 0 Å². The van der Waals surface area contributed by atoms with E-state index in [1.165, 1.54) is 24.3 Å². The largest absolute Gasteiger partial charge is 0.456 e. The monoisotopic (exact) mass is 568 g/mol. The van der Waals surface area contributed by atoms with Crippen molar-refractivity contribution in [2.75, 3.05) is 10.6 Å². The van der Waals surface area contributed by atoms with Crippen LogP contribution in [0.25, 0.3) is 43.5 Å². The van der Waals surface area contributed by atoms with Gasteiger partial charge in [0.2, 0.25) is 5.43 Å². The first-order valence-electron chi connectivity index (χ1n) is 13.2. The highest BCUT2D eigenvalue weighted by molar-refractivity contribution is 5.94. The molecule has 0 spiro atoms. The Kier molecular flexibility index (Phi) is 5.95. The minimum Gasteiger partial charge on any atom is -0.456 e. The number of nitro groups is 2. The SMILES string of the molecule is O=c1c2ccc(Nc3ccc4cc([N+](=O)[O-])ccc4c3)cc2oc2ccc(Nc3ccc4cc([N+](=O)[O-])ccc4c3)cc12. The van der Waals surface area contributed by atoms with E-state index in [1.54, 1.807) is 42.5 Å². The Morgan fingerprint density at radius 3 is 1.53 bits per heavy atom. The Labute approximate surface area is 242 Å². The van der Waals surface area contributed by atoms with Gasteiger partial charge in [-0.1, -0.05) is 12.1 Å². The lowest BCUT2D eigenvalue weighted by Crippen LogP contribution is -2.03. The maximum absolute atomic E-state index is 13.4. The average molecular weight is 569 g/mol. The topological polar surface area (TPSA) is 141 Å². The molecular weight excluding hydrogens is 548 g/mol. The molecule has 10 nitrogen and oxygen atoms in total. The molecule has 0 aliphatic rings. The Balaban J connectivity index is 1.16. The van der Waals surface area contributed by atoms with Crippen molar-refractivity contribution >= 4 is 77.6 Å². The summed E-state index contributed by atoms with van der Waals surface area (Å²) >= 11 is 0. The highest BCUT2D eigenvalue weighted by Gasteiger charge is 2.12. The molecule has 0 bridgehead atoms. The minimum absolute atomic E-state index is 0.0355. The Morgan fingerprint density at radius 1 is 0.488 bits per heavy atom. The smallest absolute Gasteiger partial charge is 0.270 e. The van der Waals surface area contributed by atoms with E-state index >= 15 is 0 Å². The van der Waals surface area contributed by atoms with E-state index in [2.05, 4.69) is 10.6 Å². The molecule has 1 heterocycles. The fourth-order valence-corrected chi connectivity index (χ4v) is 5.19. The number of nitrogens with zero attached hydrogens (tertiary/aromatic N) is 2. The first kappa shape index (κ1) is 25.7. The summed E-state index contributed by atoms with van der Waals surface area (Å²) < 4.78 is 6.12. The average Bonchev–Trinajstić information content (AvgIpc) is 3.00. The molecule has 0 fully saturated rings. The summed E-state index contributed by atoms with van der Waals surface area (Å²) in [6.07, 6.45) is 0. The van der Waals surface area contributed by atoms with Crippen LogP contribution in [-0.4, -0.2) is 9.85 Å². The first-order valence-corrected chi connectivity index (χ1v) is 13.2. The van der Waals surface area contributed by atoms with Crippen LogP contribution in [0.3, 0.4) is 0 Å². The lowest BCUT2D eigenvalue weighted by Gasteiger charge is -2.10. The van der Waals surface area contributed by atoms with Crippen LogP contribution in [0, 0.1) is 20.2 Å². The van der Waals surface area contributed by atoms with E-state index in [1.807, 2.05) is 42.5 Å². The highest BCUT2D eigenvalue weighted by atomic mass is 16.6. The molecule has 0 atom stereocenters. The van der Waals surface area contributed by atoms with Crippen LogP contribution in [0.5, 0.6) is 0 Å². The molecule has 7 rings (SSSR count). The number of non-ortho nitro benzene ring substituents is 2. The molecule has 0 radical (unpaired) electrons. The van der Waals surface area contributed by atoms with Crippen LogP contribution in [0.2, 0.25) is 0 Å². The Morgan fingerprint density at radius 2 is 0.953 bits per heavy atom. The number of nitro benzene ring substituents is 2. The van der Waals surface area contributed by atoms with Crippen molar-refractivity contribution in [2.45, 2.75) is 0 Å². The van der Waals surface area contributed by atoms with Crippen molar-refractivity contribution in [3.63, 3.8) is 0 Å². The number of fused-ring (bicyclic) bond motifs is 4. The fraction of sp³-hybridized carbons (Fsp3) is 0. The van der Waals surface area contributed by atoms with Crippen molar-refractivity contribution in [2.24, 2.45) is 0 Å². The zero-order valence-corrected chi connectivity index (χ0v) is 22.2. The van der Waals surface area contributed by atoms with E-state index in [-0.39, 0.29) is 16.8 Å². The maximum Gasteiger partial charge on any atom is 0.270 e. The van der Waals surface area contributed by atoms with Gasteiger partial charge in [0.1, 0.15) is 11.2 Å². The summed E-state index contributed by atoms with van der Waals surface area (Å²) in [6.45, 7) is 0. The second kappa shape index (κ2) is 9.96. The number of rotatable bonds is 6. The highest BCUT2D eigenvalue weighted by Crippen LogP contribution is 2.30. The molecule has 0 saturated carbocycles. The van der Waals surface area contributed by atoms with Gasteiger partial charge in [-0.15, -0.1) is 0 Å². The van der Waals surface area contributed by atoms with E-state index in [0.717, 1.165) is 38.6 Å². The Hall–Kier alpha value is -6.29. The third-order valence-corrected chi connectivity index (χ3v) is 7.32. The zero-order valence-electron chi connectivity index (χ0n) is 22.2. The van der Waals surface area contributed by atoms with Crippen molar-refractivity contribution in [3.05, 3.63) is 140 Å². The quantitative estimate of drug-likeness (QED) is 0.115. The van der Waals surface area contributed by atoms with Gasteiger partial charge in [-0.25, -0.2) is 0 Å². The third kappa shape index (κ3) is 4.82. The number of anilines is 4. The summed E-state index contributed by atoms with van der Waals surface area (Å²) in [7, 11) is 0. The first-order chi connectivity index (χ1) is 20.8. The molecule has 6 aromatic carbocycles. The lowest BCUT2D eigenvalue weighted by molar-refractivity contribution is -0.384. The molecule has 10 heteroatoms. The van der Waals surface area contributed by atoms with Gasteiger partial charge in [0.05, 0.1) is 20.6 Å². The van der Waals surface area contributed by atoms with Crippen molar-refractivity contribution in [3.8, 4) is 0 Å². The normalized spacial score (nSPS) is 11.3. The van der Waals surface area contributed by atoms with Crippen molar-refractivity contribution < 1.29 is 14.3 Å². The standard InChI is InChI=1S/C33H20N4O6/c38-33-29-11-7-26(35-24-6-2-22-16-28(37(41)42)10-4-20(22)14-24)18-32(29)43-31-12-8-25(17-30(31)33)34-23-5-1-21-15-27(36(39)40)9-3-19(21)13-23/h1-18,34-35H. The third-order valence-electron chi connectivity index (χ3n) is 7.32. The molecule has 0 amide bonds. The molecule has 7 aromatic rings. The molecule has 208 valence electrons. The predicted molar refractivity (Wildman–Crippen MR) is 168 cm³/mol. The van der Waals surface area contributed by atoms with E-state index in [9.17, 15) is 25.0 Å². The van der Waals surface area contributed by atoms with Crippen LogP contribution >= 0.6 is 0 Å². The van der Waals surface area contributed by atoms with Crippen molar-refractivity contribution in [1.82, 2.24) is 0 Å². The minimum atomic E-state index is -0.420. The van der Waals surface area contributed by atoms with Gasteiger partial charge in [0.15, 0.2) is 0 Å². The number of hydrogen-bond acceptors (Lipinski definition) is 8. The molecule has 1 aromatic heterocycles. The van der Waals surface area contributed by atoms with E-state index < -0.39 is 9.85 Å². The number of nitrogens with one attached hydrogen (secondary N) is 2. The second-order valence-electron chi connectivity index (χ2n) is 10.1. The predicted octanol–water partition coefficient (Wildman–Crippen LogP) is 8.56. The number of benzene rings is 6. The molecule has 43 heavy (non-hydrogen) atoms. The second-order valence-corrected chi connectivity index (χ2v) is 10.1. The Bertz CT molecular complexity index is 2350. The molecule has 0 aliphatic carbocycles. The van der Waals surface area contributed by atoms with Gasteiger partial charge in [-0.2, -0.15) is 0 Å². The summed E-state index contributed by atoms with van der Waals surface area (Å²) in [5, 5.41) is 32.8. The fourth-order valence-electron chi connectivity index (χ4n) is 5.19. The van der Waals surface area contributed by atoms with Gasteiger partial charge < -0.3 is 15.1 Å².